The van der Waals surface area contributed by atoms with Crippen molar-refractivity contribution in [2.45, 2.75) is 51.4 Å². The van der Waals surface area contributed by atoms with E-state index in [4.69, 9.17) is 11.2 Å². The van der Waals surface area contributed by atoms with E-state index >= 15 is 0 Å². The van der Waals surface area contributed by atoms with Crippen molar-refractivity contribution < 1.29 is 14.3 Å². The third kappa shape index (κ3) is 7.50. The molecule has 0 bridgehead atoms. The van der Waals surface area contributed by atoms with Crippen LogP contribution in [0.25, 0.3) is 0 Å². The van der Waals surface area contributed by atoms with Crippen LogP contribution in [0.4, 0.5) is 0 Å². The monoisotopic (exact) mass is 265 g/mol. The molecule has 1 rings (SSSR count). The predicted molar refractivity (Wildman–Crippen MR) is 73.2 cm³/mol. The predicted octanol–water partition coefficient (Wildman–Crippen LogP) is 2.03. The molecule has 0 radical (unpaired) electrons. The fourth-order valence-corrected chi connectivity index (χ4v) is 2.43. The van der Waals surface area contributed by atoms with Crippen molar-refractivity contribution in [3.63, 3.8) is 0 Å². The van der Waals surface area contributed by atoms with Crippen LogP contribution in [0.3, 0.4) is 0 Å². The summed E-state index contributed by atoms with van der Waals surface area (Å²) in [7, 11) is 0. The molecular weight excluding hydrogens is 242 g/mol. The molecule has 1 aliphatic carbocycles. The second-order valence-electron chi connectivity index (χ2n) is 5.04. The van der Waals surface area contributed by atoms with Crippen LogP contribution in [0.5, 0.6) is 0 Å². The number of rotatable bonds is 7. The Morgan fingerprint density at radius 3 is 2.68 bits per heavy atom. The molecule has 0 atom stereocenters. The number of carbonyl (C=O) groups is 2. The van der Waals surface area contributed by atoms with Gasteiger partial charge < -0.3 is 10.1 Å². The molecule has 0 unspecified atom stereocenters. The average molecular weight is 265 g/mol. The van der Waals surface area contributed by atoms with Crippen LogP contribution >= 0.6 is 0 Å². The van der Waals surface area contributed by atoms with Crippen LogP contribution in [0.1, 0.15) is 51.4 Å². The lowest BCUT2D eigenvalue weighted by Crippen LogP contribution is -2.28. The second-order valence-corrected chi connectivity index (χ2v) is 5.04. The SMILES string of the molecule is C#CCNC(=O)COC(=O)CCCC1CCCCC1. The van der Waals surface area contributed by atoms with Gasteiger partial charge in [-0.2, -0.15) is 0 Å². The van der Waals surface area contributed by atoms with E-state index < -0.39 is 0 Å². The van der Waals surface area contributed by atoms with Crippen molar-refractivity contribution in [2.24, 2.45) is 5.92 Å². The Bertz CT molecular complexity index is 327. The van der Waals surface area contributed by atoms with Crippen LogP contribution in [-0.2, 0) is 14.3 Å². The highest BCUT2D eigenvalue weighted by atomic mass is 16.5. The molecule has 0 aliphatic heterocycles. The summed E-state index contributed by atoms with van der Waals surface area (Å²) in [6.07, 6.45) is 13.9. The van der Waals surface area contributed by atoms with Crippen molar-refractivity contribution >= 4 is 11.9 Å². The maximum absolute atomic E-state index is 11.4. The van der Waals surface area contributed by atoms with E-state index in [1.54, 1.807) is 0 Å². The molecule has 19 heavy (non-hydrogen) atoms. The topological polar surface area (TPSA) is 55.4 Å². The lowest BCUT2D eigenvalue weighted by Gasteiger charge is -2.20. The van der Waals surface area contributed by atoms with Gasteiger partial charge in [-0.15, -0.1) is 6.42 Å². The Labute approximate surface area is 115 Å². The minimum Gasteiger partial charge on any atom is -0.456 e. The van der Waals surface area contributed by atoms with Gasteiger partial charge in [0.1, 0.15) is 0 Å². The van der Waals surface area contributed by atoms with E-state index in [2.05, 4.69) is 11.2 Å². The van der Waals surface area contributed by atoms with Gasteiger partial charge >= 0.3 is 5.97 Å². The molecule has 1 aliphatic rings. The maximum Gasteiger partial charge on any atom is 0.306 e. The summed E-state index contributed by atoms with van der Waals surface area (Å²) in [6.45, 7) is -0.0675. The summed E-state index contributed by atoms with van der Waals surface area (Å²) in [4.78, 5) is 22.6. The highest BCUT2D eigenvalue weighted by Gasteiger charge is 2.14. The fraction of sp³-hybridized carbons (Fsp3) is 0.733. The van der Waals surface area contributed by atoms with Crippen molar-refractivity contribution in [3.8, 4) is 12.3 Å². The quantitative estimate of drug-likeness (QED) is 0.566. The highest BCUT2D eigenvalue weighted by Crippen LogP contribution is 2.27. The highest BCUT2D eigenvalue weighted by molar-refractivity contribution is 5.80. The van der Waals surface area contributed by atoms with E-state index in [0.717, 1.165) is 18.8 Å². The molecule has 0 spiro atoms. The summed E-state index contributed by atoms with van der Waals surface area (Å²) in [5.74, 6) is 2.41. The van der Waals surface area contributed by atoms with Gasteiger partial charge in [0.15, 0.2) is 6.61 Å². The van der Waals surface area contributed by atoms with Crippen LogP contribution in [0.15, 0.2) is 0 Å². The number of nitrogens with one attached hydrogen (secondary N) is 1. The number of carbonyl (C=O) groups excluding carboxylic acids is 2. The van der Waals surface area contributed by atoms with Crippen molar-refractivity contribution in [1.82, 2.24) is 5.32 Å². The molecule has 0 aromatic carbocycles. The van der Waals surface area contributed by atoms with Gasteiger partial charge in [-0.25, -0.2) is 0 Å². The Morgan fingerprint density at radius 1 is 1.26 bits per heavy atom. The molecule has 1 fully saturated rings. The standard InChI is InChI=1S/C15H23NO3/c1-2-11-16-14(17)12-19-15(18)10-6-9-13-7-4-3-5-8-13/h1,13H,3-12H2,(H,16,17). The minimum absolute atomic E-state index is 0.165. The molecule has 4 nitrogen and oxygen atoms in total. The van der Waals surface area contributed by atoms with E-state index in [1.807, 2.05) is 0 Å². The zero-order valence-electron chi connectivity index (χ0n) is 11.5. The normalized spacial score (nSPS) is 15.5. The summed E-state index contributed by atoms with van der Waals surface area (Å²) in [5.41, 5.74) is 0. The molecular formula is C15H23NO3. The molecule has 106 valence electrons. The van der Waals surface area contributed by atoms with Crippen molar-refractivity contribution in [3.05, 3.63) is 0 Å². The number of esters is 1. The average Bonchev–Trinajstić information content (AvgIpc) is 2.44. The van der Waals surface area contributed by atoms with Crippen LogP contribution in [0, 0.1) is 18.3 Å². The summed E-state index contributed by atoms with van der Waals surface area (Å²) < 4.78 is 4.87. The lowest BCUT2D eigenvalue weighted by molar-refractivity contribution is -0.148. The van der Waals surface area contributed by atoms with E-state index in [9.17, 15) is 9.59 Å². The van der Waals surface area contributed by atoms with E-state index in [-0.39, 0.29) is 25.0 Å². The van der Waals surface area contributed by atoms with Gasteiger partial charge in [-0.3, -0.25) is 9.59 Å². The molecule has 1 N–H and O–H groups in total. The summed E-state index contributed by atoms with van der Waals surface area (Å²) in [6, 6.07) is 0. The van der Waals surface area contributed by atoms with Gasteiger partial charge in [0.05, 0.1) is 6.54 Å². The van der Waals surface area contributed by atoms with Gasteiger partial charge in [-0.1, -0.05) is 38.0 Å². The molecule has 0 aromatic rings. The number of ether oxygens (including phenoxy) is 1. The van der Waals surface area contributed by atoms with E-state index in [0.29, 0.717) is 6.42 Å². The van der Waals surface area contributed by atoms with Crippen LogP contribution < -0.4 is 5.32 Å². The number of hydrogen-bond acceptors (Lipinski definition) is 3. The maximum atomic E-state index is 11.4. The molecule has 1 saturated carbocycles. The molecule has 0 aromatic heterocycles. The second kappa shape index (κ2) is 9.43. The zero-order chi connectivity index (χ0) is 13.9. The van der Waals surface area contributed by atoms with Crippen molar-refractivity contribution in [2.75, 3.05) is 13.2 Å². The Morgan fingerprint density at radius 2 is 2.00 bits per heavy atom. The fourth-order valence-electron chi connectivity index (χ4n) is 2.43. The lowest BCUT2D eigenvalue weighted by atomic mass is 9.86. The number of hydrogen-bond donors (Lipinski definition) is 1. The first kappa shape index (κ1) is 15.6. The molecule has 4 heteroatoms. The number of terminal acetylenes is 1. The van der Waals surface area contributed by atoms with Crippen LogP contribution in [-0.4, -0.2) is 25.0 Å². The smallest absolute Gasteiger partial charge is 0.306 e. The van der Waals surface area contributed by atoms with Gasteiger partial charge in [0.25, 0.3) is 5.91 Å². The summed E-state index contributed by atoms with van der Waals surface area (Å²) >= 11 is 0. The number of amides is 1. The molecule has 0 heterocycles. The third-order valence-corrected chi connectivity index (χ3v) is 3.47. The van der Waals surface area contributed by atoms with Crippen molar-refractivity contribution in [1.29, 1.82) is 0 Å². The largest absolute Gasteiger partial charge is 0.456 e. The van der Waals surface area contributed by atoms with Gasteiger partial charge in [-0.05, 0) is 18.8 Å². The first-order valence-corrected chi connectivity index (χ1v) is 7.08. The van der Waals surface area contributed by atoms with E-state index in [1.165, 1.54) is 32.1 Å². The third-order valence-electron chi connectivity index (χ3n) is 3.47. The minimum atomic E-state index is -0.349. The first-order chi connectivity index (χ1) is 9.22. The first-order valence-electron chi connectivity index (χ1n) is 7.08. The Kier molecular flexibility index (Phi) is 7.72. The Hall–Kier alpha value is -1.50. The van der Waals surface area contributed by atoms with Crippen LogP contribution in [0.2, 0.25) is 0 Å². The molecule has 0 saturated heterocycles. The van der Waals surface area contributed by atoms with Gasteiger partial charge in [0, 0.05) is 6.42 Å². The van der Waals surface area contributed by atoms with Gasteiger partial charge in [0.2, 0.25) is 0 Å². The summed E-state index contributed by atoms with van der Waals surface area (Å²) in [5, 5.41) is 2.44. The Balaban J connectivity index is 2.01. The zero-order valence-corrected chi connectivity index (χ0v) is 11.5. The molecule has 1 amide bonds.